The standard InChI is InChI=1S/C19H35NO4/c1-14-16(12-13-20(4)19(14,2)3)15(9-7-11-18(23)24)8-5-6-10-17(21)22/h14-16H,5-13H2,1-4H3,(H,21,22)(H,23,24)/p-2. The number of carboxylic acids is 2. The number of carbonyl (C=O) groups is 2. The number of carboxylic acid groups (broad SMARTS) is 2. The van der Waals surface area contributed by atoms with Crippen LogP contribution in [-0.4, -0.2) is 36.0 Å². The van der Waals surface area contributed by atoms with Crippen LogP contribution < -0.4 is 10.2 Å². The number of unbranched alkanes of at least 4 members (excludes halogenated alkanes) is 1. The third-order valence-electron chi connectivity index (χ3n) is 6.31. The number of piperidine rings is 1. The molecule has 0 aromatic heterocycles. The van der Waals surface area contributed by atoms with E-state index in [4.69, 9.17) is 0 Å². The van der Waals surface area contributed by atoms with E-state index in [1.54, 1.807) is 0 Å². The van der Waals surface area contributed by atoms with E-state index in [0.29, 0.717) is 30.6 Å². The lowest BCUT2D eigenvalue weighted by Crippen LogP contribution is -2.54. The van der Waals surface area contributed by atoms with Gasteiger partial charge < -0.3 is 24.7 Å². The maximum Gasteiger partial charge on any atom is 0.0414 e. The molecule has 0 radical (unpaired) electrons. The van der Waals surface area contributed by atoms with E-state index in [-0.39, 0.29) is 18.4 Å². The number of rotatable bonds is 10. The summed E-state index contributed by atoms with van der Waals surface area (Å²) in [6, 6.07) is 0. The highest BCUT2D eigenvalue weighted by Gasteiger charge is 2.41. The predicted molar refractivity (Wildman–Crippen MR) is 89.8 cm³/mol. The Balaban J connectivity index is 2.67. The molecule has 0 aromatic carbocycles. The fourth-order valence-corrected chi connectivity index (χ4v) is 4.15. The molecular weight excluding hydrogens is 306 g/mol. The van der Waals surface area contributed by atoms with Gasteiger partial charge in [0.25, 0.3) is 0 Å². The van der Waals surface area contributed by atoms with E-state index in [0.717, 1.165) is 32.2 Å². The van der Waals surface area contributed by atoms with Crippen molar-refractivity contribution >= 4 is 11.9 Å². The Kier molecular flexibility index (Phi) is 8.20. The molecule has 3 atom stereocenters. The van der Waals surface area contributed by atoms with Crippen LogP contribution in [0.4, 0.5) is 0 Å². The number of hydrogen-bond acceptors (Lipinski definition) is 5. The van der Waals surface area contributed by atoms with E-state index in [2.05, 4.69) is 32.7 Å². The smallest absolute Gasteiger partial charge is 0.0414 e. The Morgan fingerprint density at radius 3 is 2.21 bits per heavy atom. The van der Waals surface area contributed by atoms with Crippen LogP contribution in [0.2, 0.25) is 0 Å². The van der Waals surface area contributed by atoms with Gasteiger partial charge in [-0.25, -0.2) is 0 Å². The quantitative estimate of drug-likeness (QED) is 0.558. The van der Waals surface area contributed by atoms with E-state index >= 15 is 0 Å². The molecule has 24 heavy (non-hydrogen) atoms. The summed E-state index contributed by atoms with van der Waals surface area (Å²) in [6.45, 7) is 7.90. The molecular formula is C19H33NO4-2. The highest BCUT2D eigenvalue weighted by Crippen LogP contribution is 2.42. The first-order chi connectivity index (χ1) is 11.2. The Morgan fingerprint density at radius 2 is 1.62 bits per heavy atom. The van der Waals surface area contributed by atoms with Crippen LogP contribution >= 0.6 is 0 Å². The third kappa shape index (κ3) is 6.08. The molecule has 1 aliphatic rings. The average molecular weight is 339 g/mol. The molecule has 3 unspecified atom stereocenters. The van der Waals surface area contributed by atoms with Crippen molar-refractivity contribution in [3.63, 3.8) is 0 Å². The maximum absolute atomic E-state index is 10.7. The summed E-state index contributed by atoms with van der Waals surface area (Å²) in [6.07, 6.45) is 5.35. The molecule has 0 saturated carbocycles. The normalized spacial score (nSPS) is 25.3. The molecule has 0 spiro atoms. The van der Waals surface area contributed by atoms with E-state index in [1.165, 1.54) is 0 Å². The Morgan fingerprint density at radius 1 is 1.08 bits per heavy atom. The first-order valence-electron chi connectivity index (χ1n) is 9.27. The number of likely N-dealkylation sites (tertiary alicyclic amines) is 1. The molecule has 0 aromatic rings. The number of hydrogen-bond donors (Lipinski definition) is 0. The second-order valence-electron chi connectivity index (χ2n) is 7.96. The number of nitrogens with zero attached hydrogens (tertiary/aromatic N) is 1. The molecule has 5 nitrogen and oxygen atoms in total. The minimum absolute atomic E-state index is 0.111. The van der Waals surface area contributed by atoms with Crippen molar-refractivity contribution in [1.29, 1.82) is 0 Å². The van der Waals surface area contributed by atoms with Crippen molar-refractivity contribution in [2.45, 2.75) is 77.7 Å². The Bertz CT molecular complexity index is 422. The largest absolute Gasteiger partial charge is 0.550 e. The van der Waals surface area contributed by atoms with Gasteiger partial charge in [0.2, 0.25) is 0 Å². The van der Waals surface area contributed by atoms with Gasteiger partial charge in [-0.05, 0) is 83.7 Å². The minimum atomic E-state index is -0.989. The third-order valence-corrected chi connectivity index (χ3v) is 6.31. The van der Waals surface area contributed by atoms with Crippen LogP contribution in [0.3, 0.4) is 0 Å². The summed E-state index contributed by atoms with van der Waals surface area (Å²) < 4.78 is 0. The van der Waals surface area contributed by atoms with Gasteiger partial charge in [0.05, 0.1) is 0 Å². The fraction of sp³-hybridized carbons (Fsp3) is 0.895. The van der Waals surface area contributed by atoms with Crippen molar-refractivity contribution in [3.05, 3.63) is 0 Å². The van der Waals surface area contributed by atoms with E-state index < -0.39 is 11.9 Å². The van der Waals surface area contributed by atoms with Crippen molar-refractivity contribution in [3.8, 4) is 0 Å². The highest BCUT2D eigenvalue weighted by atomic mass is 16.4. The van der Waals surface area contributed by atoms with Crippen molar-refractivity contribution < 1.29 is 19.8 Å². The molecule has 0 aliphatic carbocycles. The van der Waals surface area contributed by atoms with Gasteiger partial charge in [0, 0.05) is 17.5 Å². The summed E-state index contributed by atoms with van der Waals surface area (Å²) >= 11 is 0. The fourth-order valence-electron chi connectivity index (χ4n) is 4.15. The monoisotopic (exact) mass is 339 g/mol. The van der Waals surface area contributed by atoms with Crippen LogP contribution in [-0.2, 0) is 9.59 Å². The topological polar surface area (TPSA) is 83.5 Å². The summed E-state index contributed by atoms with van der Waals surface area (Å²) in [5.74, 6) is -0.444. The van der Waals surface area contributed by atoms with Crippen LogP contribution in [0.15, 0.2) is 0 Å². The zero-order valence-electron chi connectivity index (χ0n) is 15.7. The van der Waals surface area contributed by atoms with Crippen LogP contribution in [0.5, 0.6) is 0 Å². The molecule has 1 rings (SSSR count). The molecule has 1 heterocycles. The lowest BCUT2D eigenvalue weighted by atomic mass is 9.66. The molecule has 1 fully saturated rings. The van der Waals surface area contributed by atoms with Gasteiger partial charge in [-0.15, -0.1) is 0 Å². The van der Waals surface area contributed by atoms with Gasteiger partial charge in [0.1, 0.15) is 0 Å². The van der Waals surface area contributed by atoms with Gasteiger partial charge in [-0.1, -0.05) is 19.8 Å². The first-order valence-corrected chi connectivity index (χ1v) is 9.27. The van der Waals surface area contributed by atoms with Crippen LogP contribution in [0, 0.1) is 17.8 Å². The Hall–Kier alpha value is -1.10. The van der Waals surface area contributed by atoms with E-state index in [9.17, 15) is 19.8 Å². The summed E-state index contributed by atoms with van der Waals surface area (Å²) in [5, 5.41) is 21.3. The highest BCUT2D eigenvalue weighted by molar-refractivity contribution is 5.64. The second-order valence-corrected chi connectivity index (χ2v) is 7.96. The molecule has 1 saturated heterocycles. The zero-order valence-corrected chi connectivity index (χ0v) is 15.7. The summed E-state index contributed by atoms with van der Waals surface area (Å²) in [5.41, 5.74) is 0.126. The SMILES string of the molecule is CC1C(C(CCCCC(=O)[O-])CCCC(=O)[O-])CCN(C)C1(C)C. The van der Waals surface area contributed by atoms with Crippen molar-refractivity contribution in [2.75, 3.05) is 13.6 Å². The molecule has 0 bridgehead atoms. The number of carbonyl (C=O) groups excluding carboxylic acids is 2. The molecule has 0 N–H and O–H groups in total. The van der Waals surface area contributed by atoms with Gasteiger partial charge >= 0.3 is 0 Å². The van der Waals surface area contributed by atoms with Gasteiger partial charge in [-0.2, -0.15) is 0 Å². The number of aliphatic carboxylic acids is 2. The summed E-state index contributed by atoms with van der Waals surface area (Å²) in [4.78, 5) is 23.7. The maximum atomic E-state index is 10.7. The Labute approximate surface area is 146 Å². The molecule has 140 valence electrons. The predicted octanol–water partition coefficient (Wildman–Crippen LogP) is 1.20. The zero-order chi connectivity index (χ0) is 18.3. The second kappa shape index (κ2) is 9.40. The lowest BCUT2D eigenvalue weighted by molar-refractivity contribution is -0.307. The van der Waals surface area contributed by atoms with Crippen molar-refractivity contribution in [1.82, 2.24) is 4.90 Å². The molecule has 0 amide bonds. The van der Waals surface area contributed by atoms with Gasteiger partial charge in [0.15, 0.2) is 0 Å². The molecule has 1 aliphatic heterocycles. The summed E-state index contributed by atoms with van der Waals surface area (Å²) in [7, 11) is 2.16. The lowest BCUT2D eigenvalue weighted by Gasteiger charge is -2.51. The molecule has 5 heteroatoms. The minimum Gasteiger partial charge on any atom is -0.550 e. The average Bonchev–Trinajstić information content (AvgIpc) is 2.48. The van der Waals surface area contributed by atoms with Crippen LogP contribution in [0.1, 0.15) is 72.1 Å². The van der Waals surface area contributed by atoms with E-state index in [1.807, 2.05) is 0 Å². The first kappa shape index (κ1) is 20.9. The van der Waals surface area contributed by atoms with Crippen molar-refractivity contribution in [2.24, 2.45) is 17.8 Å². The van der Waals surface area contributed by atoms with Crippen LogP contribution in [0.25, 0.3) is 0 Å². The van der Waals surface area contributed by atoms with Gasteiger partial charge in [-0.3, -0.25) is 0 Å².